The van der Waals surface area contributed by atoms with E-state index in [1.165, 1.54) is 0 Å². The summed E-state index contributed by atoms with van der Waals surface area (Å²) in [7, 11) is -3.17. The molecule has 2 unspecified atom stereocenters. The fourth-order valence-electron chi connectivity index (χ4n) is 3.87. The fourth-order valence-corrected chi connectivity index (χ4v) is 5.79. The van der Waals surface area contributed by atoms with Crippen LogP contribution in [0, 0.1) is 13.8 Å². The van der Waals surface area contributed by atoms with Crippen molar-refractivity contribution in [2.24, 2.45) is 0 Å². The van der Waals surface area contributed by atoms with Crippen LogP contribution in [-0.4, -0.2) is 38.0 Å². The second kappa shape index (κ2) is 5.59. The standard InChI is InChI=1S/C19H20N2O3S/c1-13-7-6-10-16(14(13)2)21-18-12-25(23,24)11-17(18)20(19(21)22)15-8-4-3-5-9-15/h3-10,17-18H,11-12H2,1-2H3. The molecule has 0 aliphatic carbocycles. The van der Waals surface area contributed by atoms with E-state index in [9.17, 15) is 13.2 Å². The van der Waals surface area contributed by atoms with Crippen LogP contribution in [0.4, 0.5) is 16.2 Å². The lowest BCUT2D eigenvalue weighted by Gasteiger charge is -2.24. The van der Waals surface area contributed by atoms with Gasteiger partial charge < -0.3 is 0 Å². The van der Waals surface area contributed by atoms with Gasteiger partial charge in [-0.3, -0.25) is 9.80 Å². The van der Waals surface area contributed by atoms with E-state index in [2.05, 4.69) is 0 Å². The van der Waals surface area contributed by atoms with Crippen molar-refractivity contribution in [2.45, 2.75) is 25.9 Å². The molecule has 2 aromatic rings. The highest BCUT2D eigenvalue weighted by atomic mass is 32.2. The molecule has 2 fully saturated rings. The highest BCUT2D eigenvalue weighted by Gasteiger charge is 2.54. The van der Waals surface area contributed by atoms with E-state index >= 15 is 0 Å². The van der Waals surface area contributed by atoms with E-state index in [-0.39, 0.29) is 29.6 Å². The summed E-state index contributed by atoms with van der Waals surface area (Å²) in [6.45, 7) is 3.97. The Kier molecular flexibility index (Phi) is 3.61. The zero-order valence-corrected chi connectivity index (χ0v) is 15.0. The van der Waals surface area contributed by atoms with Crippen LogP contribution < -0.4 is 9.80 Å². The number of hydrogen-bond acceptors (Lipinski definition) is 3. The molecule has 2 aliphatic rings. The van der Waals surface area contributed by atoms with Gasteiger partial charge in [0.1, 0.15) is 0 Å². The Hall–Kier alpha value is -2.34. The quantitative estimate of drug-likeness (QED) is 0.778. The van der Waals surface area contributed by atoms with Crippen LogP contribution in [0.25, 0.3) is 0 Å². The van der Waals surface area contributed by atoms with Crippen LogP contribution >= 0.6 is 0 Å². The van der Waals surface area contributed by atoms with Gasteiger partial charge in [0.2, 0.25) is 0 Å². The lowest BCUT2D eigenvalue weighted by Crippen LogP contribution is -2.38. The van der Waals surface area contributed by atoms with Crippen molar-refractivity contribution in [1.29, 1.82) is 0 Å². The van der Waals surface area contributed by atoms with E-state index in [0.717, 1.165) is 22.5 Å². The van der Waals surface area contributed by atoms with Crippen molar-refractivity contribution in [3.63, 3.8) is 0 Å². The maximum atomic E-state index is 13.3. The molecule has 130 valence electrons. The molecule has 2 saturated heterocycles. The smallest absolute Gasteiger partial charge is 0.288 e. The van der Waals surface area contributed by atoms with Gasteiger partial charge >= 0.3 is 6.03 Å². The number of amides is 2. The van der Waals surface area contributed by atoms with Crippen molar-refractivity contribution >= 4 is 27.2 Å². The van der Waals surface area contributed by atoms with E-state index in [1.54, 1.807) is 9.80 Å². The minimum absolute atomic E-state index is 0.0136. The van der Waals surface area contributed by atoms with E-state index in [4.69, 9.17) is 0 Å². The van der Waals surface area contributed by atoms with Crippen LogP contribution in [0.3, 0.4) is 0 Å². The first-order chi connectivity index (χ1) is 11.9. The summed E-state index contributed by atoms with van der Waals surface area (Å²) >= 11 is 0. The molecule has 0 saturated carbocycles. The van der Waals surface area contributed by atoms with Gasteiger partial charge in [-0.2, -0.15) is 0 Å². The van der Waals surface area contributed by atoms with E-state index < -0.39 is 9.84 Å². The van der Waals surface area contributed by atoms with E-state index in [0.29, 0.717) is 0 Å². The van der Waals surface area contributed by atoms with Gasteiger partial charge in [0, 0.05) is 11.4 Å². The number of para-hydroxylation sites is 1. The largest absolute Gasteiger partial charge is 0.329 e. The normalized spacial score (nSPS) is 24.6. The highest BCUT2D eigenvalue weighted by molar-refractivity contribution is 7.91. The van der Waals surface area contributed by atoms with Gasteiger partial charge in [-0.15, -0.1) is 0 Å². The average Bonchev–Trinajstić information content (AvgIpc) is 3.00. The molecule has 4 rings (SSSR count). The summed E-state index contributed by atoms with van der Waals surface area (Å²) in [4.78, 5) is 16.6. The number of benzene rings is 2. The zero-order chi connectivity index (χ0) is 17.8. The lowest BCUT2D eigenvalue weighted by molar-refractivity contribution is 0.255. The molecule has 5 nitrogen and oxygen atoms in total. The number of carbonyl (C=O) groups is 1. The van der Waals surface area contributed by atoms with E-state index in [1.807, 2.05) is 62.4 Å². The molecule has 25 heavy (non-hydrogen) atoms. The molecule has 0 bridgehead atoms. The summed E-state index contributed by atoms with van der Waals surface area (Å²) in [5.41, 5.74) is 3.64. The Morgan fingerprint density at radius 2 is 1.52 bits per heavy atom. The molecule has 0 aromatic heterocycles. The van der Waals surface area contributed by atoms with Gasteiger partial charge in [-0.05, 0) is 43.2 Å². The number of nitrogens with zero attached hydrogens (tertiary/aromatic N) is 2. The number of fused-ring (bicyclic) bond motifs is 1. The maximum absolute atomic E-state index is 13.3. The van der Waals surface area contributed by atoms with Crippen LogP contribution in [0.2, 0.25) is 0 Å². The molecular formula is C19H20N2O3S. The van der Waals surface area contributed by atoms with Crippen LogP contribution in [0.15, 0.2) is 48.5 Å². The monoisotopic (exact) mass is 356 g/mol. The minimum atomic E-state index is -3.17. The number of hydrogen-bond donors (Lipinski definition) is 0. The summed E-state index contributed by atoms with van der Waals surface area (Å²) in [5, 5.41) is 0. The predicted molar refractivity (Wildman–Crippen MR) is 98.9 cm³/mol. The van der Waals surface area contributed by atoms with Crippen molar-refractivity contribution in [2.75, 3.05) is 21.3 Å². The molecule has 2 aliphatic heterocycles. The van der Waals surface area contributed by atoms with Gasteiger partial charge in [0.15, 0.2) is 9.84 Å². The molecule has 6 heteroatoms. The van der Waals surface area contributed by atoms with Gasteiger partial charge in [-0.1, -0.05) is 30.3 Å². The van der Waals surface area contributed by atoms with Crippen molar-refractivity contribution in [3.8, 4) is 0 Å². The van der Waals surface area contributed by atoms with Crippen LogP contribution in [-0.2, 0) is 9.84 Å². The Morgan fingerprint density at radius 3 is 2.20 bits per heavy atom. The van der Waals surface area contributed by atoms with Crippen molar-refractivity contribution in [3.05, 3.63) is 59.7 Å². The number of carbonyl (C=O) groups excluding carboxylic acids is 1. The first-order valence-electron chi connectivity index (χ1n) is 8.33. The number of sulfone groups is 1. The Balaban J connectivity index is 1.85. The van der Waals surface area contributed by atoms with Crippen LogP contribution in [0.1, 0.15) is 11.1 Å². The Bertz CT molecular complexity index is 940. The third kappa shape index (κ3) is 2.52. The van der Waals surface area contributed by atoms with Crippen molar-refractivity contribution in [1.82, 2.24) is 0 Å². The first kappa shape index (κ1) is 16.1. The summed E-state index contributed by atoms with van der Waals surface area (Å²) < 4.78 is 24.6. The molecule has 2 amide bonds. The second-order valence-electron chi connectivity index (χ2n) is 6.79. The predicted octanol–water partition coefficient (Wildman–Crippen LogP) is 2.92. The lowest BCUT2D eigenvalue weighted by atomic mass is 10.1. The summed E-state index contributed by atoms with van der Waals surface area (Å²) in [5.74, 6) is 0.0276. The van der Waals surface area contributed by atoms with Gasteiger partial charge in [0.25, 0.3) is 0 Å². The molecule has 2 aromatic carbocycles. The second-order valence-corrected chi connectivity index (χ2v) is 8.94. The average molecular weight is 356 g/mol. The Labute approximate surface area is 147 Å². The van der Waals surface area contributed by atoms with Crippen LogP contribution in [0.5, 0.6) is 0 Å². The maximum Gasteiger partial charge on any atom is 0.329 e. The number of aryl methyl sites for hydroxylation is 1. The molecule has 0 spiro atoms. The van der Waals surface area contributed by atoms with Crippen molar-refractivity contribution < 1.29 is 13.2 Å². The molecule has 2 heterocycles. The Morgan fingerprint density at radius 1 is 0.880 bits per heavy atom. The highest BCUT2D eigenvalue weighted by Crippen LogP contribution is 2.39. The number of urea groups is 1. The number of rotatable bonds is 2. The first-order valence-corrected chi connectivity index (χ1v) is 10.2. The topological polar surface area (TPSA) is 57.7 Å². The SMILES string of the molecule is Cc1cccc(N2C(=O)N(c3ccccc3)C3CS(=O)(=O)CC32)c1C. The zero-order valence-electron chi connectivity index (χ0n) is 14.2. The summed E-state index contributed by atoms with van der Waals surface area (Å²) in [6.07, 6.45) is 0. The summed E-state index contributed by atoms with van der Waals surface area (Å²) in [6, 6.07) is 14.3. The third-order valence-electron chi connectivity index (χ3n) is 5.24. The van der Waals surface area contributed by atoms with Gasteiger partial charge in [0.05, 0.1) is 23.6 Å². The molecule has 0 radical (unpaired) electrons. The minimum Gasteiger partial charge on any atom is -0.288 e. The molecule has 0 N–H and O–H groups in total. The fraction of sp³-hybridized carbons (Fsp3) is 0.316. The molecular weight excluding hydrogens is 336 g/mol. The van der Waals surface area contributed by atoms with Gasteiger partial charge in [-0.25, -0.2) is 13.2 Å². The third-order valence-corrected chi connectivity index (χ3v) is 6.94. The number of anilines is 2. The molecule has 2 atom stereocenters.